The van der Waals surface area contributed by atoms with Crippen LogP contribution in [-0.2, 0) is 6.18 Å². The van der Waals surface area contributed by atoms with Gasteiger partial charge in [0.1, 0.15) is 29.9 Å². The number of alkyl halides is 4. The fourth-order valence-corrected chi connectivity index (χ4v) is 7.58. The van der Waals surface area contributed by atoms with E-state index in [1.54, 1.807) is 0 Å². The van der Waals surface area contributed by atoms with Crippen LogP contribution in [0.3, 0.4) is 0 Å². The molecule has 0 spiro atoms. The zero-order valence-electron chi connectivity index (χ0n) is 23.1. The third-order valence-electron chi connectivity index (χ3n) is 9.41. The Kier molecular flexibility index (Phi) is 6.58. The summed E-state index contributed by atoms with van der Waals surface area (Å²) in [5.74, 6) is -2.07. The highest BCUT2D eigenvalue weighted by Crippen LogP contribution is 2.44. The topological polar surface area (TPSA) is 53.5 Å². The molecule has 1 aromatic heterocycles. The summed E-state index contributed by atoms with van der Waals surface area (Å²) in [7, 11) is 0. The second-order valence-electron chi connectivity index (χ2n) is 12.2. The third-order valence-corrected chi connectivity index (χ3v) is 9.41. The first-order valence-corrected chi connectivity index (χ1v) is 14.4. The molecule has 2 aromatic carbocycles. The number of benzene rings is 2. The standard InChI is InChI=1S/C30H31F6N5O/c1-16-4-2-5-20(24(16)30(34,35)36)23-22(32)10-21-26(25(23)33)38-28(39-27(21)40-13-18-6-7-19(14-40)37-18)42-15-29-8-3-9-41(29)12-17(31)11-29/h2,4-5,10,17-19,37H,3,6-9,11-15H2,1H3/t17-,18-,19+,29+/m1/s1. The highest BCUT2D eigenvalue weighted by atomic mass is 19.4. The molecule has 224 valence electrons. The van der Waals surface area contributed by atoms with Crippen LogP contribution in [-0.4, -0.2) is 71.4 Å². The number of fused-ring (bicyclic) bond motifs is 4. The van der Waals surface area contributed by atoms with Crippen molar-refractivity contribution in [1.29, 1.82) is 0 Å². The maximum absolute atomic E-state index is 16.4. The van der Waals surface area contributed by atoms with Gasteiger partial charge in [-0.25, -0.2) is 13.2 Å². The van der Waals surface area contributed by atoms with Crippen molar-refractivity contribution in [1.82, 2.24) is 20.2 Å². The lowest BCUT2D eigenvalue weighted by atomic mass is 9.93. The summed E-state index contributed by atoms with van der Waals surface area (Å²) in [6.45, 7) is 3.52. The lowest BCUT2D eigenvalue weighted by molar-refractivity contribution is -0.137. The van der Waals surface area contributed by atoms with Crippen LogP contribution < -0.4 is 15.0 Å². The van der Waals surface area contributed by atoms with Gasteiger partial charge in [0.25, 0.3) is 0 Å². The summed E-state index contributed by atoms with van der Waals surface area (Å²) in [6.07, 6.45) is -1.94. The van der Waals surface area contributed by atoms with Gasteiger partial charge < -0.3 is 15.0 Å². The van der Waals surface area contributed by atoms with Crippen LogP contribution in [0.25, 0.3) is 22.0 Å². The minimum absolute atomic E-state index is 0.0638. The SMILES string of the molecule is Cc1cccc(-c2c(F)cc3c(N4C[C@H]5CC[C@@H](C4)N5)nc(OC[C@@]45CCCN4C[C@H](F)C5)nc3c2F)c1C(F)(F)F. The quantitative estimate of drug-likeness (QED) is 0.379. The van der Waals surface area contributed by atoms with Gasteiger partial charge in [-0.3, -0.25) is 4.90 Å². The number of anilines is 1. The van der Waals surface area contributed by atoms with Crippen molar-refractivity contribution in [2.24, 2.45) is 0 Å². The number of halogens is 6. The van der Waals surface area contributed by atoms with E-state index >= 15 is 8.78 Å². The molecule has 4 saturated heterocycles. The van der Waals surface area contributed by atoms with Crippen LogP contribution in [0, 0.1) is 18.6 Å². The van der Waals surface area contributed by atoms with Gasteiger partial charge in [0.15, 0.2) is 5.82 Å². The molecule has 6 nitrogen and oxygen atoms in total. The average molecular weight is 592 g/mol. The van der Waals surface area contributed by atoms with Crippen molar-refractivity contribution >= 4 is 16.7 Å². The molecule has 2 bridgehead atoms. The minimum atomic E-state index is -4.83. The Hall–Kier alpha value is -3.12. The van der Waals surface area contributed by atoms with Crippen molar-refractivity contribution < 1.29 is 31.1 Å². The second kappa shape index (κ2) is 9.97. The van der Waals surface area contributed by atoms with Crippen LogP contribution in [0.2, 0.25) is 0 Å². The Balaban J connectivity index is 1.36. The van der Waals surface area contributed by atoms with E-state index in [-0.39, 0.29) is 47.0 Å². The van der Waals surface area contributed by atoms with E-state index in [0.29, 0.717) is 26.1 Å². The monoisotopic (exact) mass is 591 g/mol. The first-order chi connectivity index (χ1) is 20.0. The normalized spacial score (nSPS) is 27.7. The van der Waals surface area contributed by atoms with Gasteiger partial charge in [0.05, 0.1) is 16.7 Å². The van der Waals surface area contributed by atoms with Gasteiger partial charge >= 0.3 is 12.2 Å². The lowest BCUT2D eigenvalue weighted by Crippen LogP contribution is -2.51. The molecule has 4 aliphatic rings. The number of nitrogens with one attached hydrogen (secondary N) is 1. The van der Waals surface area contributed by atoms with Gasteiger partial charge in [-0.15, -0.1) is 0 Å². The van der Waals surface area contributed by atoms with Crippen LogP contribution in [0.5, 0.6) is 6.01 Å². The number of hydrogen-bond acceptors (Lipinski definition) is 6. The van der Waals surface area contributed by atoms with E-state index in [0.717, 1.165) is 44.4 Å². The zero-order valence-corrected chi connectivity index (χ0v) is 23.1. The molecule has 4 aliphatic heterocycles. The molecule has 3 aromatic rings. The van der Waals surface area contributed by atoms with E-state index in [2.05, 4.69) is 20.2 Å². The number of piperazine rings is 1. The first-order valence-electron chi connectivity index (χ1n) is 14.4. The number of ether oxygens (including phenoxy) is 1. The predicted molar refractivity (Wildman–Crippen MR) is 145 cm³/mol. The number of aryl methyl sites for hydroxylation is 1. The maximum atomic E-state index is 16.4. The Morgan fingerprint density at radius 1 is 1.10 bits per heavy atom. The molecule has 0 amide bonds. The second-order valence-corrected chi connectivity index (χ2v) is 12.2. The minimum Gasteiger partial charge on any atom is -0.461 e. The van der Waals surface area contributed by atoms with E-state index in [1.807, 2.05) is 4.90 Å². The smallest absolute Gasteiger partial charge is 0.417 e. The van der Waals surface area contributed by atoms with Crippen molar-refractivity contribution in [3.63, 3.8) is 0 Å². The first kappa shape index (κ1) is 27.7. The van der Waals surface area contributed by atoms with E-state index in [4.69, 9.17) is 4.74 Å². The number of hydrogen-bond donors (Lipinski definition) is 1. The summed E-state index contributed by atoms with van der Waals surface area (Å²) in [4.78, 5) is 12.9. The van der Waals surface area contributed by atoms with E-state index in [1.165, 1.54) is 19.1 Å². The molecule has 4 fully saturated rings. The molecule has 0 unspecified atom stereocenters. The van der Waals surface area contributed by atoms with Crippen molar-refractivity contribution in [3.05, 3.63) is 47.0 Å². The fourth-order valence-electron chi connectivity index (χ4n) is 7.58. The van der Waals surface area contributed by atoms with Crippen molar-refractivity contribution in [2.75, 3.05) is 37.7 Å². The Morgan fingerprint density at radius 2 is 1.86 bits per heavy atom. The summed E-state index contributed by atoms with van der Waals surface area (Å²) in [5, 5.41) is 3.57. The Morgan fingerprint density at radius 3 is 2.60 bits per heavy atom. The molecule has 0 saturated carbocycles. The Bertz CT molecular complexity index is 1540. The predicted octanol–water partition coefficient (Wildman–Crippen LogP) is 5.80. The van der Waals surface area contributed by atoms with Gasteiger partial charge in [-0.05, 0) is 50.8 Å². The van der Waals surface area contributed by atoms with Crippen molar-refractivity contribution in [2.45, 2.75) is 69.0 Å². The van der Waals surface area contributed by atoms with Gasteiger partial charge in [-0.1, -0.05) is 18.2 Å². The largest absolute Gasteiger partial charge is 0.461 e. The van der Waals surface area contributed by atoms with E-state index < -0.39 is 46.2 Å². The van der Waals surface area contributed by atoms with Crippen LogP contribution in [0.1, 0.15) is 43.2 Å². The highest BCUT2D eigenvalue weighted by molar-refractivity contribution is 5.94. The molecule has 12 heteroatoms. The highest BCUT2D eigenvalue weighted by Gasteiger charge is 2.49. The lowest BCUT2D eigenvalue weighted by Gasteiger charge is -2.34. The number of aromatic nitrogens is 2. The van der Waals surface area contributed by atoms with Gasteiger partial charge in [0.2, 0.25) is 0 Å². The molecule has 4 atom stereocenters. The summed E-state index contributed by atoms with van der Waals surface area (Å²) >= 11 is 0. The zero-order chi connectivity index (χ0) is 29.4. The van der Waals surface area contributed by atoms with Crippen LogP contribution in [0.4, 0.5) is 32.2 Å². The van der Waals surface area contributed by atoms with Crippen LogP contribution >= 0.6 is 0 Å². The average Bonchev–Trinajstić information content (AvgIpc) is 3.57. The third kappa shape index (κ3) is 4.57. The molecule has 0 radical (unpaired) electrons. The molecule has 5 heterocycles. The molecule has 1 N–H and O–H groups in total. The molecule has 42 heavy (non-hydrogen) atoms. The van der Waals surface area contributed by atoms with Crippen LogP contribution in [0.15, 0.2) is 24.3 Å². The molecular weight excluding hydrogens is 560 g/mol. The summed E-state index contributed by atoms with van der Waals surface area (Å²) in [6, 6.07) is 4.89. The van der Waals surface area contributed by atoms with Gasteiger partial charge in [0, 0.05) is 49.1 Å². The molecule has 7 rings (SSSR count). The maximum Gasteiger partial charge on any atom is 0.417 e. The molecule has 0 aliphatic carbocycles. The number of rotatable bonds is 5. The van der Waals surface area contributed by atoms with Gasteiger partial charge in [-0.2, -0.15) is 23.1 Å². The number of nitrogens with zero attached hydrogens (tertiary/aromatic N) is 4. The summed E-state index contributed by atoms with van der Waals surface area (Å²) < 4.78 is 94.7. The van der Waals surface area contributed by atoms with Crippen molar-refractivity contribution in [3.8, 4) is 17.1 Å². The Labute approximate surface area is 239 Å². The molecular formula is C30H31F6N5O. The fraction of sp³-hybridized carbons (Fsp3) is 0.533. The van der Waals surface area contributed by atoms with E-state index in [9.17, 15) is 17.6 Å². The summed E-state index contributed by atoms with van der Waals surface area (Å²) in [5.41, 5.74) is -3.47.